The van der Waals surface area contributed by atoms with Crippen LogP contribution in [0.15, 0.2) is 90.5 Å². The molecule has 1 unspecified atom stereocenters. The summed E-state index contributed by atoms with van der Waals surface area (Å²) in [7, 11) is 0. The Morgan fingerprint density at radius 2 is 1.47 bits per heavy atom. The van der Waals surface area contributed by atoms with Crippen LogP contribution in [0.5, 0.6) is 0 Å². The van der Waals surface area contributed by atoms with Crippen LogP contribution in [0.2, 0.25) is 0 Å². The molecule has 0 radical (unpaired) electrons. The van der Waals surface area contributed by atoms with Gasteiger partial charge >= 0.3 is 0 Å². The summed E-state index contributed by atoms with van der Waals surface area (Å²) in [5.74, 6) is 1.27. The highest BCUT2D eigenvalue weighted by atomic mass is 15.1. The minimum atomic E-state index is 0.419. The van der Waals surface area contributed by atoms with Gasteiger partial charge in [0, 0.05) is 51.7 Å². The van der Waals surface area contributed by atoms with Gasteiger partial charge in [0.25, 0.3) is 0 Å². The van der Waals surface area contributed by atoms with Crippen LogP contribution in [-0.4, -0.2) is 55.6 Å². The monoisotopic (exact) mass is 507 g/mol. The van der Waals surface area contributed by atoms with Crippen LogP contribution in [0.3, 0.4) is 0 Å². The number of benzene rings is 3. The maximum atomic E-state index is 3.72. The lowest BCUT2D eigenvalue weighted by Gasteiger charge is -2.32. The molecule has 0 amide bonds. The topological polar surface area (TPSA) is 18.5 Å². The third-order valence-corrected chi connectivity index (χ3v) is 8.42. The first-order chi connectivity index (χ1) is 18.7. The summed E-state index contributed by atoms with van der Waals surface area (Å²) in [6.45, 7) is 11.4. The van der Waals surface area contributed by atoms with Gasteiger partial charge in [-0.2, -0.15) is 0 Å². The van der Waals surface area contributed by atoms with Gasteiger partial charge < -0.3 is 15.1 Å². The Hall–Kier alpha value is -2.72. The highest BCUT2D eigenvalue weighted by Crippen LogP contribution is 2.28. The lowest BCUT2D eigenvalue weighted by molar-refractivity contribution is 0.184. The molecule has 38 heavy (non-hydrogen) atoms. The van der Waals surface area contributed by atoms with Gasteiger partial charge in [0.05, 0.1) is 0 Å². The third-order valence-electron chi connectivity index (χ3n) is 8.42. The van der Waals surface area contributed by atoms with E-state index in [0.717, 1.165) is 58.0 Å². The number of piperidine rings is 2. The van der Waals surface area contributed by atoms with Crippen LogP contribution in [0, 0.1) is 5.92 Å². The lowest BCUT2D eigenvalue weighted by Crippen LogP contribution is -2.38. The molecule has 0 spiro atoms. The summed E-state index contributed by atoms with van der Waals surface area (Å²) in [4.78, 5) is 5.29. The summed E-state index contributed by atoms with van der Waals surface area (Å²) >= 11 is 0. The Morgan fingerprint density at radius 3 is 2.16 bits per heavy atom. The fourth-order valence-electron chi connectivity index (χ4n) is 6.21. The first kappa shape index (κ1) is 26.9. The average Bonchev–Trinajstić information content (AvgIpc) is 2.97. The van der Waals surface area contributed by atoms with Gasteiger partial charge in [-0.1, -0.05) is 104 Å². The normalized spacial score (nSPS) is 19.1. The van der Waals surface area contributed by atoms with Gasteiger partial charge in [0.15, 0.2) is 0 Å². The van der Waals surface area contributed by atoms with Crippen LogP contribution in [0.4, 0.5) is 0 Å². The summed E-state index contributed by atoms with van der Waals surface area (Å²) in [6, 6.07) is 31.0. The minimum Gasteiger partial charge on any atom is -0.311 e. The number of hydrogen-bond donors (Lipinski definition) is 1. The number of hydrogen-bond acceptors (Lipinski definition) is 3. The molecular weight excluding hydrogens is 462 g/mol. The quantitative estimate of drug-likeness (QED) is 0.304. The van der Waals surface area contributed by atoms with Crippen molar-refractivity contribution in [3.63, 3.8) is 0 Å². The van der Waals surface area contributed by atoms with Crippen molar-refractivity contribution in [2.24, 2.45) is 5.92 Å². The number of nitrogens with zero attached hydrogens (tertiary/aromatic N) is 2. The molecular formula is C35H45N3. The van der Waals surface area contributed by atoms with Crippen LogP contribution >= 0.6 is 0 Å². The highest BCUT2D eigenvalue weighted by molar-refractivity contribution is 5.57. The van der Waals surface area contributed by atoms with E-state index in [1.54, 1.807) is 5.57 Å². The van der Waals surface area contributed by atoms with E-state index in [-0.39, 0.29) is 0 Å². The number of rotatable bonds is 10. The zero-order chi connectivity index (χ0) is 26.0. The first-order valence-electron chi connectivity index (χ1n) is 14.8. The van der Waals surface area contributed by atoms with Gasteiger partial charge in [0.2, 0.25) is 0 Å². The molecule has 2 aliphatic rings. The first-order valence-corrected chi connectivity index (χ1v) is 14.8. The van der Waals surface area contributed by atoms with Gasteiger partial charge in [-0.25, -0.2) is 0 Å². The van der Waals surface area contributed by atoms with Crippen LogP contribution in [-0.2, 0) is 6.54 Å². The van der Waals surface area contributed by atoms with Crippen molar-refractivity contribution in [1.29, 1.82) is 0 Å². The van der Waals surface area contributed by atoms with E-state index < -0.39 is 0 Å². The predicted molar refractivity (Wildman–Crippen MR) is 161 cm³/mol. The average molecular weight is 508 g/mol. The summed E-state index contributed by atoms with van der Waals surface area (Å²) in [5.41, 5.74) is 7.23. The molecule has 3 heteroatoms. The SMILES string of the molecule is CC1CCCN(CCNCc2ccccc2C=C2CCN(CC(c3ccccc3)c3ccccc3)CC2)C1. The molecule has 3 aromatic carbocycles. The summed E-state index contributed by atoms with van der Waals surface area (Å²) < 4.78 is 0. The molecule has 1 atom stereocenters. The molecule has 3 aromatic rings. The molecule has 2 aliphatic heterocycles. The molecule has 5 rings (SSSR count). The summed E-state index contributed by atoms with van der Waals surface area (Å²) in [5, 5.41) is 3.72. The zero-order valence-electron chi connectivity index (χ0n) is 23.2. The molecule has 2 heterocycles. The highest BCUT2D eigenvalue weighted by Gasteiger charge is 2.21. The minimum absolute atomic E-state index is 0.419. The molecule has 1 N–H and O–H groups in total. The van der Waals surface area contributed by atoms with Crippen LogP contribution in [0.1, 0.15) is 60.8 Å². The largest absolute Gasteiger partial charge is 0.311 e. The molecule has 200 valence electrons. The van der Waals surface area contributed by atoms with E-state index in [1.807, 2.05) is 0 Å². The Labute approximate surface area is 230 Å². The Bertz CT molecular complexity index is 1090. The number of nitrogens with one attached hydrogen (secondary N) is 1. The fourth-order valence-corrected chi connectivity index (χ4v) is 6.21. The number of likely N-dealkylation sites (tertiary alicyclic amines) is 2. The predicted octanol–water partition coefficient (Wildman–Crippen LogP) is 6.82. The van der Waals surface area contributed by atoms with E-state index >= 15 is 0 Å². The van der Waals surface area contributed by atoms with E-state index in [0.29, 0.717) is 5.92 Å². The lowest BCUT2D eigenvalue weighted by atomic mass is 9.90. The third kappa shape index (κ3) is 7.66. The maximum Gasteiger partial charge on any atom is 0.0217 e. The fraction of sp³-hybridized carbons (Fsp3) is 0.429. The molecule has 0 aromatic heterocycles. The van der Waals surface area contributed by atoms with E-state index in [4.69, 9.17) is 0 Å². The molecule has 2 saturated heterocycles. The van der Waals surface area contributed by atoms with Gasteiger partial charge in [-0.15, -0.1) is 0 Å². The van der Waals surface area contributed by atoms with Crippen molar-refractivity contribution < 1.29 is 0 Å². The van der Waals surface area contributed by atoms with Crippen molar-refractivity contribution in [1.82, 2.24) is 15.1 Å². The van der Waals surface area contributed by atoms with Crippen molar-refractivity contribution in [2.45, 2.75) is 45.1 Å². The Balaban J connectivity index is 1.15. The molecule has 3 nitrogen and oxygen atoms in total. The summed E-state index contributed by atoms with van der Waals surface area (Å²) in [6.07, 6.45) is 7.54. The zero-order valence-corrected chi connectivity index (χ0v) is 23.2. The van der Waals surface area contributed by atoms with Crippen LogP contribution in [0.25, 0.3) is 6.08 Å². The van der Waals surface area contributed by atoms with E-state index in [1.165, 1.54) is 48.2 Å². The van der Waals surface area contributed by atoms with E-state index in [2.05, 4.69) is 113 Å². The second-order valence-electron chi connectivity index (χ2n) is 11.4. The Kier molecular flexibility index (Phi) is 9.82. The van der Waals surface area contributed by atoms with Gasteiger partial charge in [0.1, 0.15) is 0 Å². The molecule has 2 fully saturated rings. The molecule has 0 aliphatic carbocycles. The van der Waals surface area contributed by atoms with Crippen LogP contribution < -0.4 is 5.32 Å². The smallest absolute Gasteiger partial charge is 0.0217 e. The second kappa shape index (κ2) is 13.9. The van der Waals surface area contributed by atoms with Crippen molar-refractivity contribution in [3.05, 3.63) is 113 Å². The molecule has 0 bridgehead atoms. The van der Waals surface area contributed by atoms with Gasteiger partial charge in [-0.3, -0.25) is 0 Å². The van der Waals surface area contributed by atoms with Crippen molar-refractivity contribution in [2.75, 3.05) is 45.8 Å². The Morgan fingerprint density at radius 1 is 0.816 bits per heavy atom. The van der Waals surface area contributed by atoms with Gasteiger partial charge in [-0.05, 0) is 60.4 Å². The van der Waals surface area contributed by atoms with Crippen molar-refractivity contribution in [3.8, 4) is 0 Å². The van der Waals surface area contributed by atoms with E-state index in [9.17, 15) is 0 Å². The standard InChI is InChI=1S/C35H45N3/c1-29-11-10-21-37(27-29)24-20-36-26-34-17-9-8-16-33(34)25-30-18-22-38(23-19-30)28-35(31-12-4-2-5-13-31)32-14-6-3-7-15-32/h2-9,12-17,25,29,35-36H,10-11,18-24,26-28H2,1H3. The molecule has 0 saturated carbocycles. The van der Waals surface area contributed by atoms with Crippen molar-refractivity contribution >= 4 is 6.08 Å². The second-order valence-corrected chi connectivity index (χ2v) is 11.4. The maximum absolute atomic E-state index is 3.72.